The molecule has 0 fully saturated rings. The van der Waals surface area contributed by atoms with Crippen LogP contribution in [-0.4, -0.2) is 54.7 Å². The number of alkyl carbamates (subject to hydrolysis) is 1. The van der Waals surface area contributed by atoms with Gasteiger partial charge in [0.25, 0.3) is 0 Å². The molecule has 0 aromatic carbocycles. The second kappa shape index (κ2) is 14.0. The number of carbonyl (C=O) groups excluding carboxylic acids is 2. The Bertz CT molecular complexity index is 676. The number of guanidine groups is 1. The zero-order valence-corrected chi connectivity index (χ0v) is 20.1. The Labute approximate surface area is 189 Å². The number of pyridine rings is 1. The van der Waals surface area contributed by atoms with Gasteiger partial charge in [0.2, 0.25) is 5.91 Å². The van der Waals surface area contributed by atoms with Crippen molar-refractivity contribution in [2.45, 2.75) is 46.6 Å². The molecule has 1 heterocycles. The number of rotatable bonds is 8. The van der Waals surface area contributed by atoms with E-state index in [2.05, 4.69) is 31.2 Å². The van der Waals surface area contributed by atoms with Crippen molar-refractivity contribution in [1.82, 2.24) is 20.9 Å². The molecular weight excluding hydrogens is 487 g/mol. The van der Waals surface area contributed by atoms with Crippen LogP contribution in [0.15, 0.2) is 23.2 Å². The Morgan fingerprint density at radius 2 is 1.83 bits per heavy atom. The quantitative estimate of drug-likeness (QED) is 0.181. The van der Waals surface area contributed by atoms with Gasteiger partial charge in [-0.2, -0.15) is 0 Å². The van der Waals surface area contributed by atoms with Crippen molar-refractivity contribution in [2.75, 3.05) is 31.5 Å². The first-order valence-corrected chi connectivity index (χ1v) is 9.42. The van der Waals surface area contributed by atoms with Crippen molar-refractivity contribution in [1.29, 1.82) is 0 Å². The lowest BCUT2D eigenvalue weighted by Gasteiger charge is -2.19. The van der Waals surface area contributed by atoms with Gasteiger partial charge in [0.15, 0.2) is 5.96 Å². The Kier molecular flexibility index (Phi) is 12.9. The lowest BCUT2D eigenvalue weighted by Crippen LogP contribution is -2.42. The van der Waals surface area contributed by atoms with Crippen LogP contribution in [-0.2, 0) is 9.53 Å². The van der Waals surface area contributed by atoms with E-state index in [0.717, 1.165) is 5.69 Å². The Balaban J connectivity index is 0.00000784. The number of nitrogens with one attached hydrogen (secondary N) is 4. The minimum atomic E-state index is -0.525. The molecule has 0 saturated heterocycles. The number of aromatic nitrogens is 1. The molecule has 2 amide bonds. The Morgan fingerprint density at radius 3 is 2.45 bits per heavy atom. The van der Waals surface area contributed by atoms with Crippen LogP contribution in [0.2, 0.25) is 0 Å². The molecule has 0 aliphatic rings. The van der Waals surface area contributed by atoms with Gasteiger partial charge in [0, 0.05) is 31.7 Å². The number of anilines is 1. The van der Waals surface area contributed by atoms with E-state index in [1.54, 1.807) is 6.07 Å². The standard InChI is InChI=1S/C19H32N6O3.HI/c1-6-20-17(22-12-13-23-18(27)28-19(3,4)5)21-11-10-16(26)25-15-9-7-8-14(2)24-15;/h7-9H,6,10-13H2,1-5H3,(H,23,27)(H2,20,21,22)(H,24,25,26);1H. The maximum atomic E-state index is 12.0. The first-order chi connectivity index (χ1) is 13.2. The summed E-state index contributed by atoms with van der Waals surface area (Å²) in [6.45, 7) is 11.1. The SMILES string of the molecule is CCNC(=NCCC(=O)Nc1cccc(C)n1)NCCNC(=O)OC(C)(C)C.I. The molecule has 10 heteroatoms. The van der Waals surface area contributed by atoms with Crippen LogP contribution in [0.4, 0.5) is 10.6 Å². The highest BCUT2D eigenvalue weighted by molar-refractivity contribution is 14.0. The lowest BCUT2D eigenvalue weighted by molar-refractivity contribution is -0.116. The lowest BCUT2D eigenvalue weighted by atomic mass is 10.2. The number of carbonyl (C=O) groups is 2. The van der Waals surface area contributed by atoms with Crippen LogP contribution in [0, 0.1) is 6.92 Å². The number of nitrogens with zero attached hydrogens (tertiary/aromatic N) is 2. The molecular formula is C19H33IN6O3. The summed E-state index contributed by atoms with van der Waals surface area (Å²) < 4.78 is 5.17. The highest BCUT2D eigenvalue weighted by Crippen LogP contribution is 2.06. The predicted octanol–water partition coefficient (Wildman–Crippen LogP) is 2.42. The molecule has 1 rings (SSSR count). The molecule has 9 nitrogen and oxygen atoms in total. The average Bonchev–Trinajstić information content (AvgIpc) is 2.57. The maximum Gasteiger partial charge on any atom is 0.407 e. The van der Waals surface area contributed by atoms with Gasteiger partial charge in [-0.1, -0.05) is 6.07 Å². The second-order valence-electron chi connectivity index (χ2n) is 7.08. The largest absolute Gasteiger partial charge is 0.444 e. The molecule has 0 atom stereocenters. The Morgan fingerprint density at radius 1 is 1.14 bits per heavy atom. The predicted molar refractivity (Wildman–Crippen MR) is 126 cm³/mol. The third-order valence-electron chi connectivity index (χ3n) is 3.19. The molecule has 0 unspecified atom stereocenters. The molecule has 4 N–H and O–H groups in total. The summed E-state index contributed by atoms with van der Waals surface area (Å²) in [5.41, 5.74) is 0.317. The first kappa shape index (κ1) is 26.9. The molecule has 0 aliphatic carbocycles. The minimum absolute atomic E-state index is 0. The van der Waals surface area contributed by atoms with E-state index >= 15 is 0 Å². The van der Waals surface area contributed by atoms with E-state index < -0.39 is 11.7 Å². The van der Waals surface area contributed by atoms with Crippen molar-refractivity contribution < 1.29 is 14.3 Å². The molecule has 29 heavy (non-hydrogen) atoms. The number of ether oxygens (including phenoxy) is 1. The number of amides is 2. The van der Waals surface area contributed by atoms with Gasteiger partial charge in [-0.15, -0.1) is 24.0 Å². The van der Waals surface area contributed by atoms with Crippen LogP contribution in [0.25, 0.3) is 0 Å². The monoisotopic (exact) mass is 520 g/mol. The van der Waals surface area contributed by atoms with E-state index in [9.17, 15) is 9.59 Å². The summed E-state index contributed by atoms with van der Waals surface area (Å²) in [5.74, 6) is 0.964. The number of halogens is 1. The molecule has 1 aromatic heterocycles. The fourth-order valence-electron chi connectivity index (χ4n) is 2.09. The fraction of sp³-hybridized carbons (Fsp3) is 0.579. The summed E-state index contributed by atoms with van der Waals surface area (Å²) in [6.07, 6.45) is -0.222. The van der Waals surface area contributed by atoms with Gasteiger partial charge >= 0.3 is 6.09 Å². The molecule has 0 aliphatic heterocycles. The van der Waals surface area contributed by atoms with Crippen LogP contribution in [0.1, 0.15) is 39.8 Å². The van der Waals surface area contributed by atoms with Gasteiger partial charge in [0.05, 0.1) is 6.54 Å². The van der Waals surface area contributed by atoms with E-state index in [-0.39, 0.29) is 36.3 Å². The number of aliphatic imine (C=N–C) groups is 1. The molecule has 0 bridgehead atoms. The van der Waals surface area contributed by atoms with Crippen molar-refractivity contribution in [2.24, 2.45) is 4.99 Å². The topological polar surface area (TPSA) is 117 Å². The van der Waals surface area contributed by atoms with Crippen LogP contribution in [0.5, 0.6) is 0 Å². The zero-order chi connectivity index (χ0) is 21.0. The molecule has 0 radical (unpaired) electrons. The number of aryl methyl sites for hydroxylation is 1. The highest BCUT2D eigenvalue weighted by atomic mass is 127. The van der Waals surface area contributed by atoms with Crippen molar-refractivity contribution in [3.05, 3.63) is 23.9 Å². The summed E-state index contributed by atoms with van der Waals surface area (Å²) in [5, 5.41) is 11.6. The molecule has 0 saturated carbocycles. The Hall–Kier alpha value is -2.11. The number of hydrogen-bond acceptors (Lipinski definition) is 5. The zero-order valence-electron chi connectivity index (χ0n) is 17.8. The summed E-state index contributed by atoms with van der Waals surface area (Å²) in [4.78, 5) is 32.2. The second-order valence-corrected chi connectivity index (χ2v) is 7.08. The van der Waals surface area contributed by atoms with Gasteiger partial charge in [-0.3, -0.25) is 9.79 Å². The first-order valence-electron chi connectivity index (χ1n) is 9.42. The van der Waals surface area contributed by atoms with Crippen LogP contribution >= 0.6 is 24.0 Å². The van der Waals surface area contributed by atoms with Crippen molar-refractivity contribution in [3.63, 3.8) is 0 Å². The molecule has 164 valence electrons. The third-order valence-corrected chi connectivity index (χ3v) is 3.19. The summed E-state index contributed by atoms with van der Waals surface area (Å²) in [6, 6.07) is 5.46. The van der Waals surface area contributed by atoms with E-state index in [1.165, 1.54) is 0 Å². The normalized spacial score (nSPS) is 11.1. The van der Waals surface area contributed by atoms with Gasteiger partial charge in [-0.05, 0) is 46.8 Å². The number of hydrogen-bond donors (Lipinski definition) is 4. The highest BCUT2D eigenvalue weighted by Gasteiger charge is 2.15. The van der Waals surface area contributed by atoms with Crippen LogP contribution < -0.4 is 21.3 Å². The smallest absolute Gasteiger partial charge is 0.407 e. The van der Waals surface area contributed by atoms with Gasteiger partial charge < -0.3 is 26.0 Å². The summed E-state index contributed by atoms with van der Waals surface area (Å²) in [7, 11) is 0. The maximum absolute atomic E-state index is 12.0. The van der Waals surface area contributed by atoms with Gasteiger partial charge in [-0.25, -0.2) is 9.78 Å². The van der Waals surface area contributed by atoms with E-state index in [0.29, 0.717) is 38.0 Å². The van der Waals surface area contributed by atoms with E-state index in [1.807, 2.05) is 46.8 Å². The van der Waals surface area contributed by atoms with Crippen molar-refractivity contribution in [3.8, 4) is 0 Å². The molecule has 1 aromatic rings. The van der Waals surface area contributed by atoms with Crippen molar-refractivity contribution >= 4 is 47.8 Å². The van der Waals surface area contributed by atoms with E-state index in [4.69, 9.17) is 4.74 Å². The average molecular weight is 520 g/mol. The fourth-order valence-corrected chi connectivity index (χ4v) is 2.09. The molecule has 0 spiro atoms. The van der Waals surface area contributed by atoms with Crippen LogP contribution in [0.3, 0.4) is 0 Å². The minimum Gasteiger partial charge on any atom is -0.444 e. The third kappa shape index (κ3) is 13.7. The summed E-state index contributed by atoms with van der Waals surface area (Å²) >= 11 is 0. The van der Waals surface area contributed by atoms with Gasteiger partial charge in [0.1, 0.15) is 11.4 Å².